The first kappa shape index (κ1) is 44.7. The molecule has 73 heavy (non-hydrogen) atoms. The summed E-state index contributed by atoms with van der Waals surface area (Å²) in [6.45, 7) is 6.43. The highest BCUT2D eigenvalue weighted by molar-refractivity contribution is 6.05. The van der Waals surface area contributed by atoms with Gasteiger partial charge in [-0.15, -0.1) is 0 Å². The highest BCUT2D eigenvalue weighted by atomic mass is 15.1. The van der Waals surface area contributed by atoms with Gasteiger partial charge in [-0.25, -0.2) is 0 Å². The van der Waals surface area contributed by atoms with Crippen molar-refractivity contribution in [2.24, 2.45) is 0 Å². The van der Waals surface area contributed by atoms with Crippen LogP contribution < -0.4 is 4.90 Å². The van der Waals surface area contributed by atoms with Crippen LogP contribution in [0, 0.1) is 0 Å². The van der Waals surface area contributed by atoms with Crippen molar-refractivity contribution in [3.63, 3.8) is 0 Å². The minimum atomic E-state index is 1.06. The van der Waals surface area contributed by atoms with Crippen molar-refractivity contribution in [2.75, 3.05) is 4.90 Å². The molecule has 0 bridgehead atoms. The zero-order chi connectivity index (χ0) is 49.1. The standard InChI is InChI=1S/C71H52N2/c1-3-20-68-65(4-2)71-67(32-19-34-70(71)73(68)62-29-12-7-13-30-62)58-28-18-27-57(46-58)66-31-16-17-33-69(66)72(63-41-37-53(38-42-63)56-36-35-52-25-14-15-26-55(52)45-56)64-43-39-54(40-44-64)61-48-59(50-21-8-5-9-22-50)47-60(49-61)51-23-10-6-11-24-51/h3-49H,2H2,1H3/b20-3-. The van der Waals surface area contributed by atoms with E-state index in [9.17, 15) is 0 Å². The summed E-state index contributed by atoms with van der Waals surface area (Å²) < 4.78 is 2.35. The van der Waals surface area contributed by atoms with Gasteiger partial charge >= 0.3 is 0 Å². The van der Waals surface area contributed by atoms with E-state index in [0.29, 0.717) is 0 Å². The topological polar surface area (TPSA) is 8.17 Å². The number of aromatic nitrogens is 1. The molecule has 2 heteroatoms. The molecular weight excluding hydrogens is 881 g/mol. The van der Waals surface area contributed by atoms with E-state index in [4.69, 9.17) is 0 Å². The van der Waals surface area contributed by atoms with Crippen molar-refractivity contribution in [3.05, 3.63) is 291 Å². The van der Waals surface area contributed by atoms with Crippen LogP contribution >= 0.6 is 0 Å². The second-order valence-electron chi connectivity index (χ2n) is 18.5. The molecule has 0 fully saturated rings. The number of benzene rings is 11. The van der Waals surface area contributed by atoms with Crippen molar-refractivity contribution < 1.29 is 0 Å². The van der Waals surface area contributed by atoms with Gasteiger partial charge in [0, 0.05) is 33.6 Å². The van der Waals surface area contributed by atoms with E-state index < -0.39 is 0 Å². The lowest BCUT2D eigenvalue weighted by atomic mass is 9.93. The van der Waals surface area contributed by atoms with Crippen LogP contribution in [0.4, 0.5) is 17.1 Å². The second kappa shape index (κ2) is 19.7. The highest BCUT2D eigenvalue weighted by Gasteiger charge is 2.21. The lowest BCUT2D eigenvalue weighted by Crippen LogP contribution is -2.11. The Morgan fingerprint density at radius 2 is 0.836 bits per heavy atom. The summed E-state index contributed by atoms with van der Waals surface area (Å²) in [5.74, 6) is 0. The Bertz CT molecular complexity index is 3900. The number of hydrogen-bond acceptors (Lipinski definition) is 1. The fourth-order valence-corrected chi connectivity index (χ4v) is 10.6. The summed E-state index contributed by atoms with van der Waals surface area (Å²) in [4.78, 5) is 2.41. The van der Waals surface area contributed by atoms with Gasteiger partial charge in [0.25, 0.3) is 0 Å². The monoisotopic (exact) mass is 932 g/mol. The largest absolute Gasteiger partial charge is 0.310 e. The number of nitrogens with zero attached hydrogens (tertiary/aromatic N) is 2. The molecule has 0 aliphatic heterocycles. The molecule has 0 spiro atoms. The maximum absolute atomic E-state index is 4.36. The van der Waals surface area contributed by atoms with Gasteiger partial charge in [-0.3, -0.25) is 0 Å². The van der Waals surface area contributed by atoms with Gasteiger partial charge in [0.05, 0.1) is 16.9 Å². The van der Waals surface area contributed by atoms with Crippen LogP contribution in [0.3, 0.4) is 0 Å². The zero-order valence-electron chi connectivity index (χ0n) is 40.7. The summed E-state index contributed by atoms with van der Waals surface area (Å²) in [5.41, 5.74) is 21.7. The Labute approximate surface area is 428 Å². The minimum absolute atomic E-state index is 1.06. The van der Waals surface area contributed by atoms with Crippen molar-refractivity contribution in [3.8, 4) is 72.4 Å². The number of para-hydroxylation sites is 2. The van der Waals surface area contributed by atoms with Crippen molar-refractivity contribution in [1.29, 1.82) is 0 Å². The first-order chi connectivity index (χ1) is 36.1. The van der Waals surface area contributed by atoms with Crippen LogP contribution in [0.25, 0.3) is 106 Å². The van der Waals surface area contributed by atoms with Gasteiger partial charge in [-0.05, 0) is 164 Å². The SMILES string of the molecule is C=Cc1c(/C=C\C)n(-c2ccccc2)c2cccc(-c3cccc(-c4ccccc4N(c4ccc(-c5cc(-c6ccccc6)cc(-c6ccccc6)c5)cc4)c4ccc(-c5ccc6ccccc6c5)cc4)c3)c12. The number of hydrogen-bond donors (Lipinski definition) is 0. The van der Waals surface area contributed by atoms with Crippen LogP contribution in [-0.4, -0.2) is 4.57 Å². The number of rotatable bonds is 12. The summed E-state index contributed by atoms with van der Waals surface area (Å²) in [7, 11) is 0. The van der Waals surface area contributed by atoms with Gasteiger partial charge in [0.15, 0.2) is 0 Å². The fraction of sp³-hybridized carbons (Fsp3) is 0.0141. The van der Waals surface area contributed by atoms with Gasteiger partial charge in [0.2, 0.25) is 0 Å². The molecule has 0 atom stereocenters. The Morgan fingerprint density at radius 3 is 1.45 bits per heavy atom. The van der Waals surface area contributed by atoms with E-state index in [1.807, 2.05) is 6.08 Å². The normalized spacial score (nSPS) is 11.4. The maximum atomic E-state index is 4.36. The smallest absolute Gasteiger partial charge is 0.0547 e. The molecule has 0 N–H and O–H groups in total. The van der Waals surface area contributed by atoms with E-state index in [2.05, 4.69) is 302 Å². The van der Waals surface area contributed by atoms with E-state index in [1.54, 1.807) is 0 Å². The van der Waals surface area contributed by atoms with Crippen LogP contribution in [0.15, 0.2) is 280 Å². The quantitative estimate of drug-likeness (QED) is 0.119. The van der Waals surface area contributed by atoms with Crippen LogP contribution in [0.2, 0.25) is 0 Å². The van der Waals surface area contributed by atoms with Crippen molar-refractivity contribution in [2.45, 2.75) is 6.92 Å². The molecule has 2 nitrogen and oxygen atoms in total. The molecular formula is C71H52N2. The zero-order valence-corrected chi connectivity index (χ0v) is 40.7. The molecule has 0 saturated carbocycles. The van der Waals surface area contributed by atoms with Crippen molar-refractivity contribution >= 4 is 50.9 Å². The van der Waals surface area contributed by atoms with Gasteiger partial charge in [0.1, 0.15) is 0 Å². The minimum Gasteiger partial charge on any atom is -0.310 e. The Hall–Kier alpha value is -9.50. The Morgan fingerprint density at radius 1 is 0.370 bits per heavy atom. The molecule has 346 valence electrons. The fourth-order valence-electron chi connectivity index (χ4n) is 10.6. The molecule has 0 aliphatic rings. The molecule has 0 radical (unpaired) electrons. The van der Waals surface area contributed by atoms with Crippen molar-refractivity contribution in [1.82, 2.24) is 4.57 Å². The molecule has 1 aromatic heterocycles. The summed E-state index contributed by atoms with van der Waals surface area (Å²) in [5, 5.41) is 3.65. The van der Waals surface area contributed by atoms with E-state index in [1.165, 1.54) is 55.1 Å². The van der Waals surface area contributed by atoms with Gasteiger partial charge in [-0.2, -0.15) is 0 Å². The first-order valence-electron chi connectivity index (χ1n) is 25.1. The van der Waals surface area contributed by atoms with Crippen LogP contribution in [0.5, 0.6) is 0 Å². The molecule has 11 aromatic carbocycles. The molecule has 12 aromatic rings. The van der Waals surface area contributed by atoms with E-state index >= 15 is 0 Å². The third kappa shape index (κ3) is 8.66. The average Bonchev–Trinajstić information content (AvgIpc) is 3.79. The molecule has 0 amide bonds. The first-order valence-corrected chi connectivity index (χ1v) is 25.1. The van der Waals surface area contributed by atoms with Gasteiger partial charge < -0.3 is 9.47 Å². The third-order valence-corrected chi connectivity index (χ3v) is 14.1. The summed E-state index contributed by atoms with van der Waals surface area (Å²) >= 11 is 0. The number of fused-ring (bicyclic) bond motifs is 2. The molecule has 0 saturated heterocycles. The van der Waals surface area contributed by atoms with E-state index in [-0.39, 0.29) is 0 Å². The van der Waals surface area contributed by atoms with Gasteiger partial charge in [-0.1, -0.05) is 207 Å². The third-order valence-electron chi connectivity index (χ3n) is 14.1. The molecule has 1 heterocycles. The summed E-state index contributed by atoms with van der Waals surface area (Å²) in [6.07, 6.45) is 6.31. The molecule has 0 aliphatic carbocycles. The Kier molecular flexibility index (Phi) is 12.1. The Balaban J connectivity index is 0.986. The lowest BCUT2D eigenvalue weighted by molar-refractivity contribution is 1.10. The maximum Gasteiger partial charge on any atom is 0.0547 e. The van der Waals surface area contributed by atoms with Crippen LogP contribution in [-0.2, 0) is 0 Å². The second-order valence-corrected chi connectivity index (χ2v) is 18.5. The highest BCUT2D eigenvalue weighted by Crippen LogP contribution is 2.45. The molecule has 12 rings (SSSR count). The van der Waals surface area contributed by atoms with E-state index in [0.717, 1.165) is 67.3 Å². The molecule has 0 unspecified atom stereocenters. The lowest BCUT2D eigenvalue weighted by Gasteiger charge is -2.28. The van der Waals surface area contributed by atoms with Crippen LogP contribution in [0.1, 0.15) is 18.2 Å². The predicted molar refractivity (Wildman–Crippen MR) is 313 cm³/mol. The number of anilines is 3. The summed E-state index contributed by atoms with van der Waals surface area (Å²) in [6, 6.07) is 96.8. The predicted octanol–water partition coefficient (Wildman–Crippen LogP) is 19.9. The average molecular weight is 933 g/mol. The number of allylic oxidation sites excluding steroid dienone is 1.